The fraction of sp³-hybridized carbons (Fsp3) is 0.0435. The molecule has 0 radical (unpaired) electrons. The van der Waals surface area contributed by atoms with E-state index in [0.717, 1.165) is 32.2 Å². The number of rotatable bonds is 2. The molecule has 3 nitrogen and oxygen atoms in total. The highest BCUT2D eigenvalue weighted by molar-refractivity contribution is 7.14. The van der Waals surface area contributed by atoms with E-state index in [1.165, 1.54) is 5.19 Å². The summed E-state index contributed by atoms with van der Waals surface area (Å²) in [6.45, 7) is 2.25. The van der Waals surface area contributed by atoms with Crippen molar-refractivity contribution in [2.24, 2.45) is 4.99 Å². The van der Waals surface area contributed by atoms with E-state index in [2.05, 4.69) is 18.7 Å². The topological polar surface area (TPSA) is 49.7 Å². The summed E-state index contributed by atoms with van der Waals surface area (Å²) in [5.41, 5.74) is 2.49. The monoisotopic (exact) mass is 399 g/mol. The first kappa shape index (κ1) is 17.1. The van der Waals surface area contributed by atoms with Gasteiger partial charge in [-0.05, 0) is 57.4 Å². The maximum atomic E-state index is 13.0. The van der Waals surface area contributed by atoms with Crippen LogP contribution in [0.4, 0.5) is 5.69 Å². The minimum atomic E-state index is -2.56. The van der Waals surface area contributed by atoms with E-state index in [9.17, 15) is 9.90 Å². The SMILES string of the molecule is C[Si]1(c2ccccc2)C2=C(c3cccs3)C(=O)C=CC2=Nc2ccc(O)cc21. The number of allylic oxidation sites excluding steroid dienone is 4. The first-order chi connectivity index (χ1) is 13.6. The summed E-state index contributed by atoms with van der Waals surface area (Å²) in [6.07, 6.45) is 3.47. The molecule has 1 unspecified atom stereocenters. The summed E-state index contributed by atoms with van der Waals surface area (Å²) < 4.78 is 0. The van der Waals surface area contributed by atoms with E-state index in [1.807, 2.05) is 53.9 Å². The summed E-state index contributed by atoms with van der Waals surface area (Å²) in [5.74, 6) is 0.248. The molecule has 0 spiro atoms. The van der Waals surface area contributed by atoms with Gasteiger partial charge in [-0.1, -0.05) is 42.9 Å². The second-order valence-corrected chi connectivity index (χ2v) is 11.9. The fourth-order valence-corrected chi connectivity index (χ4v) is 9.29. The van der Waals surface area contributed by atoms with Gasteiger partial charge in [0.2, 0.25) is 0 Å². The number of phenolic OH excluding ortho intramolecular Hbond substituents is 1. The van der Waals surface area contributed by atoms with E-state index in [4.69, 9.17) is 4.99 Å². The Kier molecular flexibility index (Phi) is 3.82. The molecule has 1 aliphatic carbocycles. The molecule has 2 aliphatic rings. The normalized spacial score (nSPS) is 20.6. The molecular formula is C23H17NO2SSi. The highest BCUT2D eigenvalue weighted by Gasteiger charge is 2.46. The molecule has 5 rings (SSSR count). The summed E-state index contributed by atoms with van der Waals surface area (Å²) in [6, 6.07) is 19.7. The second kappa shape index (κ2) is 6.26. The molecule has 0 bridgehead atoms. The van der Waals surface area contributed by atoms with Gasteiger partial charge in [0.05, 0.1) is 11.4 Å². The Morgan fingerprint density at radius 3 is 2.57 bits per heavy atom. The van der Waals surface area contributed by atoms with Crippen molar-refractivity contribution in [1.29, 1.82) is 0 Å². The third-order valence-corrected chi connectivity index (χ3v) is 10.9. The molecule has 0 saturated carbocycles. The molecule has 2 aromatic carbocycles. The zero-order valence-corrected chi connectivity index (χ0v) is 17.0. The van der Waals surface area contributed by atoms with Gasteiger partial charge in [0.15, 0.2) is 13.9 Å². The summed E-state index contributed by atoms with van der Waals surface area (Å²) in [7, 11) is -2.56. The lowest BCUT2D eigenvalue weighted by Gasteiger charge is -2.38. The number of nitrogens with zero attached hydrogens (tertiary/aromatic N) is 1. The molecule has 3 aromatic rings. The Morgan fingerprint density at radius 2 is 1.82 bits per heavy atom. The standard InChI is InChI=1S/C23H17NO2SSi/c1-28(16-6-3-2-4-7-16)21-14-15(25)9-10-17(21)24-18-11-12-19(26)22(23(18)28)20-8-5-13-27-20/h2-14,25H,1H3. The van der Waals surface area contributed by atoms with Crippen LogP contribution >= 0.6 is 11.3 Å². The number of thiophene rings is 1. The van der Waals surface area contributed by atoms with Crippen molar-refractivity contribution in [3.05, 3.63) is 88.3 Å². The van der Waals surface area contributed by atoms with Crippen LogP contribution in [0.5, 0.6) is 5.75 Å². The predicted octanol–water partition coefficient (Wildman–Crippen LogP) is 3.86. The van der Waals surface area contributed by atoms with Gasteiger partial charge >= 0.3 is 0 Å². The average Bonchev–Trinajstić information content (AvgIpc) is 3.24. The molecule has 1 aromatic heterocycles. The summed E-state index contributed by atoms with van der Waals surface area (Å²) in [4.78, 5) is 18.9. The molecule has 0 amide bonds. The number of aliphatic imine (C=N–C) groups is 1. The third-order valence-electron chi connectivity index (χ3n) is 5.52. The Labute approximate surface area is 168 Å². The molecule has 136 valence electrons. The lowest BCUT2D eigenvalue weighted by Crippen LogP contribution is -2.61. The molecule has 0 fully saturated rings. The Balaban J connectivity index is 1.93. The predicted molar refractivity (Wildman–Crippen MR) is 118 cm³/mol. The highest BCUT2D eigenvalue weighted by Crippen LogP contribution is 2.38. The quantitative estimate of drug-likeness (QED) is 0.525. The van der Waals surface area contributed by atoms with Crippen molar-refractivity contribution in [3.8, 4) is 5.75 Å². The van der Waals surface area contributed by atoms with Gasteiger partial charge in [0, 0.05) is 10.5 Å². The van der Waals surface area contributed by atoms with Crippen molar-refractivity contribution < 1.29 is 9.90 Å². The van der Waals surface area contributed by atoms with Crippen molar-refractivity contribution >= 4 is 52.5 Å². The van der Waals surface area contributed by atoms with Crippen LogP contribution in [-0.2, 0) is 4.79 Å². The average molecular weight is 400 g/mol. The molecule has 1 aliphatic heterocycles. The number of aromatic hydroxyl groups is 1. The number of benzene rings is 2. The van der Waals surface area contributed by atoms with Crippen molar-refractivity contribution in [1.82, 2.24) is 0 Å². The maximum absolute atomic E-state index is 13.0. The fourth-order valence-electron chi connectivity index (χ4n) is 4.20. The number of fused-ring (bicyclic) bond motifs is 2. The number of carbonyl (C=O) groups excluding carboxylic acids is 1. The van der Waals surface area contributed by atoms with Crippen LogP contribution in [0.25, 0.3) is 5.57 Å². The second-order valence-electron chi connectivity index (χ2n) is 7.11. The van der Waals surface area contributed by atoms with Gasteiger partial charge in [-0.25, -0.2) is 4.99 Å². The molecule has 0 saturated heterocycles. The first-order valence-corrected chi connectivity index (χ1v) is 12.5. The first-order valence-electron chi connectivity index (χ1n) is 9.08. The zero-order chi connectivity index (χ0) is 19.3. The van der Waals surface area contributed by atoms with E-state index < -0.39 is 8.07 Å². The largest absolute Gasteiger partial charge is 0.508 e. The van der Waals surface area contributed by atoms with Gasteiger partial charge in [-0.3, -0.25) is 4.79 Å². The third kappa shape index (κ3) is 2.40. The van der Waals surface area contributed by atoms with E-state index >= 15 is 0 Å². The van der Waals surface area contributed by atoms with Crippen LogP contribution in [0.2, 0.25) is 6.55 Å². The van der Waals surface area contributed by atoms with Crippen LogP contribution in [0.15, 0.2) is 88.4 Å². The van der Waals surface area contributed by atoms with Crippen LogP contribution in [-0.4, -0.2) is 24.7 Å². The van der Waals surface area contributed by atoms with Crippen molar-refractivity contribution in [2.75, 3.05) is 0 Å². The number of ketones is 1. The van der Waals surface area contributed by atoms with E-state index in [0.29, 0.717) is 0 Å². The van der Waals surface area contributed by atoms with E-state index in [-0.39, 0.29) is 11.5 Å². The number of hydrogen-bond donors (Lipinski definition) is 1. The number of hydrogen-bond acceptors (Lipinski definition) is 4. The van der Waals surface area contributed by atoms with Gasteiger partial charge in [-0.15, -0.1) is 11.3 Å². The summed E-state index contributed by atoms with van der Waals surface area (Å²) in [5, 5.41) is 15.5. The Morgan fingerprint density at radius 1 is 1.00 bits per heavy atom. The zero-order valence-electron chi connectivity index (χ0n) is 15.2. The maximum Gasteiger partial charge on any atom is 0.187 e. The number of phenols is 1. The lowest BCUT2D eigenvalue weighted by molar-refractivity contribution is -0.109. The lowest BCUT2D eigenvalue weighted by atomic mass is 10.0. The van der Waals surface area contributed by atoms with Crippen molar-refractivity contribution in [3.63, 3.8) is 0 Å². The number of carbonyl (C=O) groups is 1. The molecule has 1 N–H and O–H groups in total. The van der Waals surface area contributed by atoms with Gasteiger partial charge in [0.1, 0.15) is 5.75 Å². The smallest absolute Gasteiger partial charge is 0.187 e. The van der Waals surface area contributed by atoms with Gasteiger partial charge < -0.3 is 5.11 Å². The van der Waals surface area contributed by atoms with Crippen LogP contribution in [0, 0.1) is 0 Å². The van der Waals surface area contributed by atoms with Crippen LogP contribution < -0.4 is 10.4 Å². The Hall–Kier alpha value is -3.02. The molecule has 5 heteroatoms. The van der Waals surface area contributed by atoms with Crippen LogP contribution in [0.1, 0.15) is 4.88 Å². The van der Waals surface area contributed by atoms with Gasteiger partial charge in [0.25, 0.3) is 0 Å². The van der Waals surface area contributed by atoms with E-state index in [1.54, 1.807) is 23.5 Å². The minimum absolute atomic E-state index is 0.0228. The molecular weight excluding hydrogens is 382 g/mol. The summed E-state index contributed by atoms with van der Waals surface area (Å²) >= 11 is 1.57. The van der Waals surface area contributed by atoms with Crippen molar-refractivity contribution in [2.45, 2.75) is 6.55 Å². The Bertz CT molecular complexity index is 1190. The molecule has 1 atom stereocenters. The highest BCUT2D eigenvalue weighted by atomic mass is 32.1. The molecule has 2 heterocycles. The van der Waals surface area contributed by atoms with Gasteiger partial charge in [-0.2, -0.15) is 0 Å². The minimum Gasteiger partial charge on any atom is -0.508 e. The molecule has 28 heavy (non-hydrogen) atoms. The van der Waals surface area contributed by atoms with Crippen LogP contribution in [0.3, 0.4) is 0 Å².